The average Bonchev–Trinajstić information content (AvgIpc) is 2.55. The highest BCUT2D eigenvalue weighted by molar-refractivity contribution is 7.19. The van der Waals surface area contributed by atoms with Gasteiger partial charge in [-0.1, -0.05) is 12.1 Å². The van der Waals surface area contributed by atoms with Crippen LogP contribution >= 0.6 is 11.3 Å². The Kier molecular flexibility index (Phi) is 2.20. The molecule has 2 aromatic rings. The number of nitrogens with two attached hydrogens (primary N) is 1. The van der Waals surface area contributed by atoms with Crippen LogP contribution < -0.4 is 10.5 Å². The summed E-state index contributed by atoms with van der Waals surface area (Å²) in [6.45, 7) is 0.544. The number of methoxy groups -OCH3 is 1. The number of thiophene rings is 1. The first kappa shape index (κ1) is 8.53. The van der Waals surface area contributed by atoms with Gasteiger partial charge in [0, 0.05) is 16.6 Å². The van der Waals surface area contributed by atoms with Crippen molar-refractivity contribution < 1.29 is 4.74 Å². The van der Waals surface area contributed by atoms with Crippen molar-refractivity contribution in [1.82, 2.24) is 0 Å². The molecule has 0 radical (unpaired) electrons. The fourth-order valence-corrected chi connectivity index (χ4v) is 2.48. The monoisotopic (exact) mass is 193 g/mol. The van der Waals surface area contributed by atoms with Crippen LogP contribution in [0.15, 0.2) is 24.3 Å². The van der Waals surface area contributed by atoms with E-state index in [0.717, 1.165) is 16.0 Å². The minimum absolute atomic E-state index is 0.544. The second kappa shape index (κ2) is 3.36. The molecular weight excluding hydrogens is 182 g/mol. The zero-order valence-electron chi connectivity index (χ0n) is 7.41. The van der Waals surface area contributed by atoms with Crippen molar-refractivity contribution in [2.24, 2.45) is 5.73 Å². The first-order chi connectivity index (χ1) is 6.36. The Labute approximate surface area is 80.9 Å². The maximum Gasteiger partial charge on any atom is 0.141 e. The van der Waals surface area contributed by atoms with E-state index in [4.69, 9.17) is 10.5 Å². The fraction of sp³-hybridized carbons (Fsp3) is 0.200. The van der Waals surface area contributed by atoms with Gasteiger partial charge in [0.25, 0.3) is 0 Å². The summed E-state index contributed by atoms with van der Waals surface area (Å²) in [5, 5.41) is 1.16. The third-order valence-corrected chi connectivity index (χ3v) is 3.18. The van der Waals surface area contributed by atoms with Gasteiger partial charge in [0.2, 0.25) is 0 Å². The van der Waals surface area contributed by atoms with Crippen molar-refractivity contribution in [1.29, 1.82) is 0 Å². The molecule has 0 aliphatic heterocycles. The zero-order valence-corrected chi connectivity index (χ0v) is 8.23. The summed E-state index contributed by atoms with van der Waals surface area (Å²) in [5.74, 6) is 0.933. The highest BCUT2D eigenvalue weighted by Crippen LogP contribution is 2.36. The number of hydrogen-bond donors (Lipinski definition) is 1. The minimum Gasteiger partial charge on any atom is -0.495 e. The lowest BCUT2D eigenvalue weighted by Gasteiger charge is -1.99. The average molecular weight is 193 g/mol. The topological polar surface area (TPSA) is 35.2 Å². The van der Waals surface area contributed by atoms with Crippen LogP contribution in [0.4, 0.5) is 0 Å². The summed E-state index contributed by atoms with van der Waals surface area (Å²) in [7, 11) is 1.69. The van der Waals surface area contributed by atoms with Gasteiger partial charge in [-0.2, -0.15) is 0 Å². The molecule has 0 aliphatic carbocycles. The van der Waals surface area contributed by atoms with Crippen LogP contribution in [0, 0.1) is 0 Å². The molecule has 13 heavy (non-hydrogen) atoms. The normalized spacial score (nSPS) is 10.6. The fourth-order valence-electron chi connectivity index (χ4n) is 1.43. The van der Waals surface area contributed by atoms with Crippen molar-refractivity contribution in [2.75, 3.05) is 7.11 Å². The Morgan fingerprint density at radius 2 is 2.15 bits per heavy atom. The molecule has 0 bridgehead atoms. The molecule has 0 unspecified atom stereocenters. The molecule has 1 aromatic carbocycles. The zero-order chi connectivity index (χ0) is 9.26. The minimum atomic E-state index is 0.544. The standard InChI is InChI=1S/C10H11NOS/c1-12-10-7-4-2-3-5-8(7)13-9(10)6-11/h2-5H,6,11H2,1H3. The number of ether oxygens (including phenoxy) is 1. The van der Waals surface area contributed by atoms with Crippen molar-refractivity contribution in [3.8, 4) is 5.75 Å². The molecule has 0 fully saturated rings. The molecule has 2 rings (SSSR count). The Bertz CT molecular complexity index is 422. The maximum atomic E-state index is 5.62. The van der Waals surface area contributed by atoms with Crippen LogP contribution in [0.2, 0.25) is 0 Å². The van der Waals surface area contributed by atoms with E-state index in [1.165, 1.54) is 4.70 Å². The summed E-state index contributed by atoms with van der Waals surface area (Å²) in [6.07, 6.45) is 0. The van der Waals surface area contributed by atoms with Crippen LogP contribution in [-0.2, 0) is 6.54 Å². The summed E-state index contributed by atoms with van der Waals surface area (Å²) in [6, 6.07) is 8.18. The Balaban J connectivity index is 2.73. The molecule has 2 nitrogen and oxygen atoms in total. The third-order valence-electron chi connectivity index (χ3n) is 2.01. The molecule has 1 heterocycles. The van der Waals surface area contributed by atoms with E-state index < -0.39 is 0 Å². The van der Waals surface area contributed by atoms with E-state index in [0.29, 0.717) is 6.54 Å². The number of rotatable bonds is 2. The van der Waals surface area contributed by atoms with Gasteiger partial charge in [-0.25, -0.2) is 0 Å². The number of benzene rings is 1. The van der Waals surface area contributed by atoms with Gasteiger partial charge in [-0.3, -0.25) is 0 Å². The van der Waals surface area contributed by atoms with Crippen LogP contribution in [0.5, 0.6) is 5.75 Å². The van der Waals surface area contributed by atoms with Gasteiger partial charge < -0.3 is 10.5 Å². The molecule has 0 atom stereocenters. The molecule has 0 amide bonds. The second-order valence-corrected chi connectivity index (χ2v) is 3.90. The largest absolute Gasteiger partial charge is 0.495 e. The summed E-state index contributed by atoms with van der Waals surface area (Å²) < 4.78 is 6.56. The Morgan fingerprint density at radius 3 is 2.85 bits per heavy atom. The van der Waals surface area contributed by atoms with Gasteiger partial charge in [0.15, 0.2) is 0 Å². The van der Waals surface area contributed by atoms with E-state index in [1.54, 1.807) is 18.4 Å². The lowest BCUT2D eigenvalue weighted by molar-refractivity contribution is 0.417. The molecule has 1 aromatic heterocycles. The van der Waals surface area contributed by atoms with Crippen LogP contribution in [0.3, 0.4) is 0 Å². The van der Waals surface area contributed by atoms with Gasteiger partial charge in [-0.15, -0.1) is 11.3 Å². The summed E-state index contributed by atoms with van der Waals surface area (Å²) in [4.78, 5) is 1.11. The lowest BCUT2D eigenvalue weighted by Crippen LogP contribution is -1.95. The Morgan fingerprint density at radius 1 is 1.38 bits per heavy atom. The molecule has 0 spiro atoms. The first-order valence-electron chi connectivity index (χ1n) is 4.11. The van der Waals surface area contributed by atoms with E-state index in [2.05, 4.69) is 12.1 Å². The van der Waals surface area contributed by atoms with Crippen molar-refractivity contribution in [2.45, 2.75) is 6.54 Å². The van der Waals surface area contributed by atoms with Gasteiger partial charge in [-0.05, 0) is 12.1 Å². The van der Waals surface area contributed by atoms with E-state index in [9.17, 15) is 0 Å². The Hall–Kier alpha value is -1.06. The SMILES string of the molecule is COc1c(CN)sc2ccccc12. The van der Waals surface area contributed by atoms with E-state index in [-0.39, 0.29) is 0 Å². The molecule has 3 heteroatoms. The van der Waals surface area contributed by atoms with Crippen molar-refractivity contribution >= 4 is 21.4 Å². The molecule has 0 saturated heterocycles. The molecular formula is C10H11NOS. The summed E-state index contributed by atoms with van der Waals surface area (Å²) >= 11 is 1.70. The van der Waals surface area contributed by atoms with Crippen LogP contribution in [-0.4, -0.2) is 7.11 Å². The molecule has 0 aliphatic rings. The third kappa shape index (κ3) is 1.30. The van der Waals surface area contributed by atoms with E-state index in [1.807, 2.05) is 12.1 Å². The van der Waals surface area contributed by atoms with Crippen LogP contribution in [0.1, 0.15) is 4.88 Å². The molecule has 0 saturated carbocycles. The molecule has 68 valence electrons. The summed E-state index contributed by atoms with van der Waals surface area (Å²) in [5.41, 5.74) is 5.62. The smallest absolute Gasteiger partial charge is 0.141 e. The lowest BCUT2D eigenvalue weighted by atomic mass is 10.2. The highest BCUT2D eigenvalue weighted by atomic mass is 32.1. The quantitative estimate of drug-likeness (QED) is 0.794. The number of fused-ring (bicyclic) bond motifs is 1. The maximum absolute atomic E-state index is 5.62. The molecule has 2 N–H and O–H groups in total. The van der Waals surface area contributed by atoms with Gasteiger partial charge in [0.1, 0.15) is 5.75 Å². The van der Waals surface area contributed by atoms with E-state index >= 15 is 0 Å². The predicted molar refractivity (Wildman–Crippen MR) is 56.3 cm³/mol. The second-order valence-electron chi connectivity index (χ2n) is 2.76. The number of hydrogen-bond acceptors (Lipinski definition) is 3. The van der Waals surface area contributed by atoms with Crippen molar-refractivity contribution in [3.63, 3.8) is 0 Å². The van der Waals surface area contributed by atoms with Gasteiger partial charge >= 0.3 is 0 Å². The highest BCUT2D eigenvalue weighted by Gasteiger charge is 2.09. The van der Waals surface area contributed by atoms with Crippen LogP contribution in [0.25, 0.3) is 10.1 Å². The first-order valence-corrected chi connectivity index (χ1v) is 4.93. The van der Waals surface area contributed by atoms with Crippen molar-refractivity contribution in [3.05, 3.63) is 29.1 Å². The predicted octanol–water partition coefficient (Wildman–Crippen LogP) is 2.37. The van der Waals surface area contributed by atoms with Gasteiger partial charge in [0.05, 0.1) is 12.0 Å².